The van der Waals surface area contributed by atoms with Crippen LogP contribution < -0.4 is 10.1 Å². The van der Waals surface area contributed by atoms with E-state index in [1.807, 2.05) is 0 Å². The summed E-state index contributed by atoms with van der Waals surface area (Å²) in [6.07, 6.45) is 1.03. The number of benzene rings is 2. The Morgan fingerprint density at radius 2 is 1.96 bits per heavy atom. The Kier molecular flexibility index (Phi) is 5.60. The molecule has 0 saturated heterocycles. The third-order valence-electron chi connectivity index (χ3n) is 3.05. The van der Waals surface area contributed by atoms with E-state index >= 15 is 0 Å². The van der Waals surface area contributed by atoms with Crippen molar-refractivity contribution in [3.8, 4) is 5.75 Å². The molecule has 0 aromatic heterocycles. The minimum Gasteiger partial charge on any atom is -0.482 e. The first-order chi connectivity index (χ1) is 11.7. The van der Waals surface area contributed by atoms with Gasteiger partial charge in [0.15, 0.2) is 16.4 Å². The lowest BCUT2D eigenvalue weighted by molar-refractivity contribution is -0.384. The van der Waals surface area contributed by atoms with Crippen molar-refractivity contribution in [2.75, 3.05) is 18.2 Å². The molecule has 0 heterocycles. The fourth-order valence-corrected chi connectivity index (χ4v) is 3.02. The highest BCUT2D eigenvalue weighted by molar-refractivity contribution is 7.90. The molecule has 2 aromatic rings. The Labute approximate surface area is 148 Å². The second-order valence-electron chi connectivity index (χ2n) is 4.98. The summed E-state index contributed by atoms with van der Waals surface area (Å²) in [5.41, 5.74) is -0.0720. The number of carbonyl (C=O) groups is 1. The van der Waals surface area contributed by atoms with E-state index in [2.05, 4.69) is 5.32 Å². The molecule has 1 N–H and O–H groups in total. The Balaban J connectivity index is 2.06. The number of amides is 1. The SMILES string of the molecule is CS(=O)(=O)c1ccccc1NC(=O)COc1ccc([N+](=O)[O-])cc1Cl. The maximum atomic E-state index is 12.0. The van der Waals surface area contributed by atoms with Gasteiger partial charge in [0.25, 0.3) is 11.6 Å². The van der Waals surface area contributed by atoms with Gasteiger partial charge in [-0.3, -0.25) is 14.9 Å². The number of sulfone groups is 1. The Morgan fingerprint density at radius 1 is 1.28 bits per heavy atom. The summed E-state index contributed by atoms with van der Waals surface area (Å²) in [6, 6.07) is 9.52. The summed E-state index contributed by atoms with van der Waals surface area (Å²) in [7, 11) is -3.51. The van der Waals surface area contributed by atoms with Crippen molar-refractivity contribution in [2.45, 2.75) is 4.90 Å². The van der Waals surface area contributed by atoms with Gasteiger partial charge < -0.3 is 10.1 Å². The highest BCUT2D eigenvalue weighted by Crippen LogP contribution is 2.28. The molecule has 0 radical (unpaired) electrons. The van der Waals surface area contributed by atoms with Gasteiger partial charge in [0.2, 0.25) is 0 Å². The average Bonchev–Trinajstić information content (AvgIpc) is 2.53. The summed E-state index contributed by atoms with van der Waals surface area (Å²) in [6.45, 7) is -0.449. The van der Waals surface area contributed by atoms with Crippen LogP contribution in [0.15, 0.2) is 47.4 Å². The minimum atomic E-state index is -3.51. The zero-order valence-electron chi connectivity index (χ0n) is 12.9. The molecule has 2 rings (SSSR count). The topological polar surface area (TPSA) is 116 Å². The zero-order valence-corrected chi connectivity index (χ0v) is 14.5. The van der Waals surface area contributed by atoms with Crippen LogP contribution in [0, 0.1) is 10.1 Å². The monoisotopic (exact) mass is 384 g/mol. The highest BCUT2D eigenvalue weighted by Gasteiger charge is 2.16. The lowest BCUT2D eigenvalue weighted by Crippen LogP contribution is -2.21. The van der Waals surface area contributed by atoms with E-state index in [0.29, 0.717) is 0 Å². The summed E-state index contributed by atoms with van der Waals surface area (Å²) in [5.74, 6) is -0.510. The van der Waals surface area contributed by atoms with Gasteiger partial charge in [0.1, 0.15) is 5.75 Å². The van der Waals surface area contributed by atoms with E-state index in [0.717, 1.165) is 12.3 Å². The first-order valence-corrected chi connectivity index (χ1v) is 9.11. The predicted molar refractivity (Wildman–Crippen MR) is 91.8 cm³/mol. The van der Waals surface area contributed by atoms with Gasteiger partial charge in [-0.2, -0.15) is 0 Å². The van der Waals surface area contributed by atoms with Gasteiger partial charge in [-0.15, -0.1) is 0 Å². The number of nitrogens with zero attached hydrogens (tertiary/aromatic N) is 1. The molecule has 1 amide bonds. The quantitative estimate of drug-likeness (QED) is 0.604. The zero-order chi connectivity index (χ0) is 18.6. The molecule has 0 bridgehead atoms. The van der Waals surface area contributed by atoms with Crippen molar-refractivity contribution in [2.24, 2.45) is 0 Å². The fraction of sp³-hybridized carbons (Fsp3) is 0.133. The number of para-hydroxylation sites is 1. The van der Waals surface area contributed by atoms with Crippen LogP contribution in [0.4, 0.5) is 11.4 Å². The number of nitro benzene ring substituents is 1. The van der Waals surface area contributed by atoms with Crippen molar-refractivity contribution in [3.63, 3.8) is 0 Å². The molecule has 8 nitrogen and oxygen atoms in total. The van der Waals surface area contributed by atoms with Gasteiger partial charge in [-0.25, -0.2) is 8.42 Å². The third-order valence-corrected chi connectivity index (χ3v) is 4.50. The predicted octanol–water partition coefficient (Wildman–Crippen LogP) is 2.67. The van der Waals surface area contributed by atoms with Crippen molar-refractivity contribution in [3.05, 3.63) is 57.6 Å². The molecule has 2 aromatic carbocycles. The number of hydrogen-bond acceptors (Lipinski definition) is 6. The van der Waals surface area contributed by atoms with Crippen LogP contribution in [0.1, 0.15) is 0 Å². The Hall–Kier alpha value is -2.65. The molecule has 0 fully saturated rings. The Bertz CT molecular complexity index is 929. The minimum absolute atomic E-state index is 0.0152. The van der Waals surface area contributed by atoms with Crippen LogP contribution in [-0.4, -0.2) is 32.1 Å². The van der Waals surface area contributed by atoms with Crippen LogP contribution in [-0.2, 0) is 14.6 Å². The van der Waals surface area contributed by atoms with E-state index in [1.165, 1.54) is 24.3 Å². The number of nitro groups is 1. The van der Waals surface area contributed by atoms with Crippen molar-refractivity contribution < 1.29 is 22.9 Å². The molecule has 0 atom stereocenters. The number of ether oxygens (including phenoxy) is 1. The highest BCUT2D eigenvalue weighted by atomic mass is 35.5. The van der Waals surface area contributed by atoms with Gasteiger partial charge in [-0.05, 0) is 18.2 Å². The molecule has 25 heavy (non-hydrogen) atoms. The van der Waals surface area contributed by atoms with E-state index in [9.17, 15) is 23.3 Å². The number of nitrogens with one attached hydrogen (secondary N) is 1. The molecule has 0 saturated carbocycles. The summed E-state index contributed by atoms with van der Waals surface area (Å²) < 4.78 is 28.6. The van der Waals surface area contributed by atoms with E-state index in [1.54, 1.807) is 12.1 Å². The molecule has 0 spiro atoms. The molecule has 0 aliphatic rings. The maximum Gasteiger partial charge on any atom is 0.271 e. The largest absolute Gasteiger partial charge is 0.482 e. The van der Waals surface area contributed by atoms with Crippen molar-refractivity contribution in [1.82, 2.24) is 0 Å². The molecule has 10 heteroatoms. The number of halogens is 1. The molecule has 0 aliphatic carbocycles. The first-order valence-electron chi connectivity index (χ1n) is 6.84. The van der Waals surface area contributed by atoms with Crippen LogP contribution in [0.5, 0.6) is 5.75 Å². The van der Waals surface area contributed by atoms with Crippen molar-refractivity contribution in [1.29, 1.82) is 0 Å². The van der Waals surface area contributed by atoms with E-state index in [-0.39, 0.29) is 27.0 Å². The number of hydrogen-bond donors (Lipinski definition) is 1. The van der Waals surface area contributed by atoms with Gasteiger partial charge in [0.05, 0.1) is 20.5 Å². The van der Waals surface area contributed by atoms with E-state index < -0.39 is 27.3 Å². The van der Waals surface area contributed by atoms with Gasteiger partial charge >= 0.3 is 0 Å². The van der Waals surface area contributed by atoms with Gasteiger partial charge in [-0.1, -0.05) is 23.7 Å². The molecular formula is C15H13ClN2O6S. The molecular weight excluding hydrogens is 372 g/mol. The first kappa shape index (κ1) is 18.7. The van der Waals surface area contributed by atoms with Gasteiger partial charge in [0, 0.05) is 18.4 Å². The number of carbonyl (C=O) groups excluding carboxylic acids is 1. The number of rotatable bonds is 6. The summed E-state index contributed by atoms with van der Waals surface area (Å²) in [4.78, 5) is 22.0. The van der Waals surface area contributed by atoms with Crippen LogP contribution in [0.25, 0.3) is 0 Å². The second kappa shape index (κ2) is 7.49. The molecule has 132 valence electrons. The molecule has 0 unspecified atom stereocenters. The standard InChI is InChI=1S/C15H13ClN2O6S/c1-25(22,23)14-5-3-2-4-12(14)17-15(19)9-24-13-7-6-10(18(20)21)8-11(13)16/h2-8H,9H2,1H3,(H,17,19). The smallest absolute Gasteiger partial charge is 0.271 e. The fourth-order valence-electron chi connectivity index (χ4n) is 1.94. The summed E-state index contributed by atoms with van der Waals surface area (Å²) in [5, 5.41) is 13.1. The molecule has 0 aliphatic heterocycles. The van der Waals surface area contributed by atoms with Crippen LogP contribution >= 0.6 is 11.6 Å². The van der Waals surface area contributed by atoms with Crippen LogP contribution in [0.3, 0.4) is 0 Å². The average molecular weight is 385 g/mol. The number of non-ortho nitro benzene ring substituents is 1. The Morgan fingerprint density at radius 3 is 2.56 bits per heavy atom. The van der Waals surface area contributed by atoms with E-state index in [4.69, 9.17) is 16.3 Å². The number of anilines is 1. The lowest BCUT2D eigenvalue weighted by atomic mass is 10.3. The maximum absolute atomic E-state index is 12.0. The normalized spacial score (nSPS) is 11.0. The van der Waals surface area contributed by atoms with Crippen molar-refractivity contribution >= 4 is 38.7 Å². The third kappa shape index (κ3) is 4.91. The lowest BCUT2D eigenvalue weighted by Gasteiger charge is -2.11. The summed E-state index contributed by atoms with van der Waals surface area (Å²) >= 11 is 5.86. The van der Waals surface area contributed by atoms with Crippen LogP contribution in [0.2, 0.25) is 5.02 Å². The second-order valence-corrected chi connectivity index (χ2v) is 7.37.